The molecule has 2 aromatic rings. The number of nitrogens with one attached hydrogen (secondary N) is 4. The van der Waals surface area contributed by atoms with Crippen molar-refractivity contribution in [3.05, 3.63) is 41.6 Å². The molecule has 0 bridgehead atoms. The van der Waals surface area contributed by atoms with Crippen LogP contribution < -0.4 is 21.3 Å². The second-order valence-electron chi connectivity index (χ2n) is 5.55. The standard InChI is InChI=1S/C17H24N6O/c1-12-6-4-7-14(10-12)21-17(24)23-16-20-13(2)11-15(22-16)19-9-5-8-18-3/h4,6-7,10-11,18H,5,8-9H2,1-3H3,(H3,19,20,21,22,23,24). The summed E-state index contributed by atoms with van der Waals surface area (Å²) in [4.78, 5) is 20.6. The molecule has 7 heteroatoms. The van der Waals surface area contributed by atoms with Gasteiger partial charge in [-0.2, -0.15) is 4.98 Å². The third-order valence-corrected chi connectivity index (χ3v) is 3.27. The molecule has 24 heavy (non-hydrogen) atoms. The van der Waals surface area contributed by atoms with Gasteiger partial charge in [-0.05, 0) is 51.6 Å². The molecule has 4 N–H and O–H groups in total. The molecule has 0 spiro atoms. The fourth-order valence-corrected chi connectivity index (χ4v) is 2.18. The van der Waals surface area contributed by atoms with Gasteiger partial charge in [0.1, 0.15) is 5.82 Å². The number of aryl methyl sites for hydroxylation is 2. The van der Waals surface area contributed by atoms with E-state index in [9.17, 15) is 4.79 Å². The van der Waals surface area contributed by atoms with Crippen molar-refractivity contribution in [2.75, 3.05) is 36.1 Å². The van der Waals surface area contributed by atoms with Crippen LogP contribution in [0, 0.1) is 13.8 Å². The number of anilines is 3. The van der Waals surface area contributed by atoms with Crippen LogP contribution in [-0.2, 0) is 0 Å². The lowest BCUT2D eigenvalue weighted by Crippen LogP contribution is -2.21. The van der Waals surface area contributed by atoms with Crippen LogP contribution in [0.3, 0.4) is 0 Å². The van der Waals surface area contributed by atoms with E-state index in [0.717, 1.165) is 36.5 Å². The monoisotopic (exact) mass is 328 g/mol. The fourth-order valence-electron chi connectivity index (χ4n) is 2.18. The predicted molar refractivity (Wildman–Crippen MR) is 97.6 cm³/mol. The van der Waals surface area contributed by atoms with Crippen molar-refractivity contribution in [1.82, 2.24) is 15.3 Å². The Morgan fingerprint density at radius 1 is 1.08 bits per heavy atom. The molecule has 128 valence electrons. The highest BCUT2D eigenvalue weighted by Gasteiger charge is 2.07. The minimum absolute atomic E-state index is 0.274. The normalized spacial score (nSPS) is 10.3. The molecular weight excluding hydrogens is 304 g/mol. The van der Waals surface area contributed by atoms with Crippen molar-refractivity contribution in [1.29, 1.82) is 0 Å². The Kier molecular flexibility index (Phi) is 6.51. The highest BCUT2D eigenvalue weighted by atomic mass is 16.2. The predicted octanol–water partition coefficient (Wildman–Crippen LogP) is 2.76. The summed E-state index contributed by atoms with van der Waals surface area (Å²) in [6.07, 6.45) is 0.982. The van der Waals surface area contributed by atoms with Crippen molar-refractivity contribution in [2.45, 2.75) is 20.3 Å². The van der Waals surface area contributed by atoms with Gasteiger partial charge in [-0.1, -0.05) is 12.1 Å². The summed E-state index contributed by atoms with van der Waals surface area (Å²) in [5.74, 6) is 0.973. The Hall–Kier alpha value is -2.67. The van der Waals surface area contributed by atoms with E-state index < -0.39 is 0 Å². The molecule has 0 saturated carbocycles. The van der Waals surface area contributed by atoms with Gasteiger partial charge in [0.05, 0.1) is 0 Å². The summed E-state index contributed by atoms with van der Waals surface area (Å²) in [5.41, 5.74) is 2.59. The molecule has 0 atom stereocenters. The third-order valence-electron chi connectivity index (χ3n) is 3.27. The number of carbonyl (C=O) groups is 1. The zero-order valence-corrected chi connectivity index (χ0v) is 14.3. The Morgan fingerprint density at radius 3 is 2.67 bits per heavy atom. The van der Waals surface area contributed by atoms with E-state index in [4.69, 9.17) is 0 Å². The SMILES string of the molecule is CNCCCNc1cc(C)nc(NC(=O)Nc2cccc(C)c2)n1. The molecule has 0 radical (unpaired) electrons. The van der Waals surface area contributed by atoms with Crippen molar-refractivity contribution in [3.63, 3.8) is 0 Å². The molecule has 1 aromatic carbocycles. The van der Waals surface area contributed by atoms with Crippen molar-refractivity contribution >= 4 is 23.5 Å². The fraction of sp³-hybridized carbons (Fsp3) is 0.353. The zero-order chi connectivity index (χ0) is 17.4. The average molecular weight is 328 g/mol. The largest absolute Gasteiger partial charge is 0.370 e. The highest BCUT2D eigenvalue weighted by molar-refractivity contribution is 5.98. The van der Waals surface area contributed by atoms with E-state index in [2.05, 4.69) is 31.2 Å². The van der Waals surface area contributed by atoms with Crippen LogP contribution in [0.5, 0.6) is 0 Å². The van der Waals surface area contributed by atoms with E-state index in [-0.39, 0.29) is 12.0 Å². The summed E-state index contributed by atoms with van der Waals surface area (Å²) in [5, 5.41) is 11.8. The number of amides is 2. The lowest BCUT2D eigenvalue weighted by atomic mass is 10.2. The van der Waals surface area contributed by atoms with Gasteiger partial charge in [0.15, 0.2) is 0 Å². The van der Waals surface area contributed by atoms with E-state index in [1.165, 1.54) is 0 Å². The van der Waals surface area contributed by atoms with E-state index >= 15 is 0 Å². The summed E-state index contributed by atoms with van der Waals surface area (Å²) in [6, 6.07) is 9.07. The van der Waals surface area contributed by atoms with E-state index in [1.807, 2.05) is 51.2 Å². The Bertz CT molecular complexity index is 689. The number of carbonyl (C=O) groups excluding carboxylic acids is 1. The average Bonchev–Trinajstić information content (AvgIpc) is 2.51. The van der Waals surface area contributed by atoms with Gasteiger partial charge in [-0.15, -0.1) is 0 Å². The van der Waals surface area contributed by atoms with Crippen molar-refractivity contribution in [2.24, 2.45) is 0 Å². The number of rotatable bonds is 7. The molecule has 2 amide bonds. The molecule has 1 aromatic heterocycles. The first kappa shape index (κ1) is 17.7. The van der Waals surface area contributed by atoms with Crippen LogP contribution in [0.25, 0.3) is 0 Å². The summed E-state index contributed by atoms with van der Waals surface area (Å²) < 4.78 is 0. The maximum Gasteiger partial charge on any atom is 0.326 e. The first-order valence-corrected chi connectivity index (χ1v) is 7.95. The Morgan fingerprint density at radius 2 is 1.92 bits per heavy atom. The maximum atomic E-state index is 12.1. The molecule has 7 nitrogen and oxygen atoms in total. The molecular formula is C17H24N6O. The zero-order valence-electron chi connectivity index (χ0n) is 14.3. The van der Waals surface area contributed by atoms with Crippen molar-refractivity contribution < 1.29 is 4.79 Å². The van der Waals surface area contributed by atoms with Crippen LogP contribution >= 0.6 is 0 Å². The van der Waals surface area contributed by atoms with Gasteiger partial charge in [0.2, 0.25) is 5.95 Å². The van der Waals surface area contributed by atoms with Crippen LogP contribution in [-0.4, -0.2) is 36.1 Å². The lowest BCUT2D eigenvalue weighted by molar-refractivity contribution is 0.262. The molecule has 0 aliphatic carbocycles. The molecule has 0 aliphatic rings. The highest BCUT2D eigenvalue weighted by Crippen LogP contribution is 2.12. The van der Waals surface area contributed by atoms with Crippen LogP contribution in [0.1, 0.15) is 17.7 Å². The first-order valence-electron chi connectivity index (χ1n) is 7.95. The second-order valence-corrected chi connectivity index (χ2v) is 5.55. The molecule has 0 unspecified atom stereocenters. The van der Waals surface area contributed by atoms with Gasteiger partial charge in [0.25, 0.3) is 0 Å². The lowest BCUT2D eigenvalue weighted by Gasteiger charge is -2.10. The van der Waals surface area contributed by atoms with E-state index in [0.29, 0.717) is 5.82 Å². The smallest absolute Gasteiger partial charge is 0.326 e. The summed E-state index contributed by atoms with van der Waals surface area (Å²) in [6.45, 7) is 5.57. The van der Waals surface area contributed by atoms with Crippen LogP contribution in [0.4, 0.5) is 22.2 Å². The first-order chi connectivity index (χ1) is 11.6. The van der Waals surface area contributed by atoms with Gasteiger partial charge in [-0.3, -0.25) is 5.32 Å². The van der Waals surface area contributed by atoms with Crippen LogP contribution in [0.2, 0.25) is 0 Å². The molecule has 2 rings (SSSR count). The molecule has 0 saturated heterocycles. The van der Waals surface area contributed by atoms with Gasteiger partial charge in [-0.25, -0.2) is 9.78 Å². The number of hydrogen-bond donors (Lipinski definition) is 4. The quantitative estimate of drug-likeness (QED) is 0.587. The minimum atomic E-state index is -0.368. The number of nitrogens with zero attached hydrogens (tertiary/aromatic N) is 2. The molecule has 0 aliphatic heterocycles. The number of hydrogen-bond acceptors (Lipinski definition) is 5. The topological polar surface area (TPSA) is 91.0 Å². The van der Waals surface area contributed by atoms with Gasteiger partial charge >= 0.3 is 6.03 Å². The van der Waals surface area contributed by atoms with Gasteiger partial charge in [0, 0.05) is 24.0 Å². The minimum Gasteiger partial charge on any atom is -0.370 e. The van der Waals surface area contributed by atoms with Crippen LogP contribution in [0.15, 0.2) is 30.3 Å². The Labute approximate surface area is 142 Å². The van der Waals surface area contributed by atoms with E-state index in [1.54, 1.807) is 0 Å². The summed E-state index contributed by atoms with van der Waals surface area (Å²) in [7, 11) is 1.92. The van der Waals surface area contributed by atoms with Crippen molar-refractivity contribution in [3.8, 4) is 0 Å². The third kappa shape index (κ3) is 5.85. The molecule has 0 fully saturated rings. The van der Waals surface area contributed by atoms with Gasteiger partial charge < -0.3 is 16.0 Å². The summed E-state index contributed by atoms with van der Waals surface area (Å²) >= 11 is 0. The number of urea groups is 1. The number of aromatic nitrogens is 2. The maximum absolute atomic E-state index is 12.1. The molecule has 1 heterocycles. The Balaban J connectivity index is 1.95. The second kappa shape index (κ2) is 8.83. The number of benzene rings is 1.